The van der Waals surface area contributed by atoms with Crippen molar-refractivity contribution in [1.29, 1.82) is 0 Å². The Kier molecular flexibility index (Phi) is 5.20. The highest BCUT2D eigenvalue weighted by Gasteiger charge is 2.29. The van der Waals surface area contributed by atoms with Crippen LogP contribution in [0.1, 0.15) is 29.8 Å². The molecule has 0 amide bonds. The third-order valence-electron chi connectivity index (χ3n) is 4.11. The summed E-state index contributed by atoms with van der Waals surface area (Å²) in [7, 11) is 0. The van der Waals surface area contributed by atoms with Crippen molar-refractivity contribution >= 4 is 0 Å². The van der Waals surface area contributed by atoms with Crippen molar-refractivity contribution in [1.82, 2.24) is 14.9 Å². The highest BCUT2D eigenvalue weighted by molar-refractivity contribution is 5.25. The SMILES string of the molecule is FC(F)(F)c1ccc(Cn2ccnc2CNC[C@H]2CCCO2)cc1. The van der Waals surface area contributed by atoms with E-state index in [9.17, 15) is 13.2 Å². The first-order valence-corrected chi connectivity index (χ1v) is 8.01. The number of imidazole rings is 1. The van der Waals surface area contributed by atoms with Crippen molar-refractivity contribution in [3.8, 4) is 0 Å². The maximum Gasteiger partial charge on any atom is 0.416 e. The lowest BCUT2D eigenvalue weighted by atomic mass is 10.1. The first-order chi connectivity index (χ1) is 11.5. The number of nitrogens with one attached hydrogen (secondary N) is 1. The number of ether oxygens (including phenoxy) is 1. The first kappa shape index (κ1) is 17.0. The summed E-state index contributed by atoms with van der Waals surface area (Å²) < 4.78 is 45.3. The standard InChI is InChI=1S/C17H20F3N3O/c18-17(19,20)14-5-3-13(4-6-14)12-23-8-7-22-16(23)11-21-10-15-2-1-9-24-15/h3-8,15,21H,1-2,9-12H2/t15-/m1/s1. The van der Waals surface area contributed by atoms with Gasteiger partial charge >= 0.3 is 6.18 Å². The van der Waals surface area contributed by atoms with Crippen LogP contribution in [0.15, 0.2) is 36.7 Å². The van der Waals surface area contributed by atoms with Crippen LogP contribution in [0.5, 0.6) is 0 Å². The quantitative estimate of drug-likeness (QED) is 0.878. The molecular weight excluding hydrogens is 319 g/mol. The van der Waals surface area contributed by atoms with Crippen LogP contribution < -0.4 is 5.32 Å². The summed E-state index contributed by atoms with van der Waals surface area (Å²) >= 11 is 0. The lowest BCUT2D eigenvalue weighted by molar-refractivity contribution is -0.137. The zero-order valence-electron chi connectivity index (χ0n) is 13.2. The normalized spacial score (nSPS) is 18.2. The fourth-order valence-corrected chi connectivity index (χ4v) is 2.80. The van der Waals surface area contributed by atoms with Gasteiger partial charge in [0.05, 0.1) is 18.2 Å². The van der Waals surface area contributed by atoms with Crippen molar-refractivity contribution in [2.75, 3.05) is 13.2 Å². The zero-order chi connectivity index (χ0) is 17.0. The van der Waals surface area contributed by atoms with Crippen molar-refractivity contribution in [2.24, 2.45) is 0 Å². The smallest absolute Gasteiger partial charge is 0.377 e. The average Bonchev–Trinajstić information content (AvgIpc) is 3.20. The number of hydrogen-bond donors (Lipinski definition) is 1. The molecule has 0 unspecified atom stereocenters. The number of nitrogens with zero attached hydrogens (tertiary/aromatic N) is 2. The second kappa shape index (κ2) is 7.36. The van der Waals surface area contributed by atoms with E-state index in [1.54, 1.807) is 6.20 Å². The number of rotatable bonds is 6. The molecule has 1 fully saturated rings. The molecule has 130 valence electrons. The minimum atomic E-state index is -4.30. The van der Waals surface area contributed by atoms with Crippen LogP contribution in [-0.4, -0.2) is 28.8 Å². The molecule has 1 aromatic heterocycles. The third-order valence-corrected chi connectivity index (χ3v) is 4.11. The summed E-state index contributed by atoms with van der Waals surface area (Å²) in [5.41, 5.74) is 0.178. The fourth-order valence-electron chi connectivity index (χ4n) is 2.80. The molecule has 0 saturated carbocycles. The lowest BCUT2D eigenvalue weighted by Gasteiger charge is -2.12. The minimum absolute atomic E-state index is 0.267. The van der Waals surface area contributed by atoms with Crippen LogP contribution in [0.3, 0.4) is 0 Å². The summed E-state index contributed by atoms with van der Waals surface area (Å²) in [5, 5.41) is 3.33. The molecule has 1 aromatic carbocycles. The average molecular weight is 339 g/mol. The predicted molar refractivity (Wildman–Crippen MR) is 83.5 cm³/mol. The summed E-state index contributed by atoms with van der Waals surface area (Å²) in [6.45, 7) is 2.71. The lowest BCUT2D eigenvalue weighted by Crippen LogP contribution is -2.27. The van der Waals surface area contributed by atoms with E-state index in [2.05, 4.69) is 10.3 Å². The summed E-state index contributed by atoms with van der Waals surface area (Å²) in [6.07, 6.45) is 1.68. The number of hydrogen-bond acceptors (Lipinski definition) is 3. The second-order valence-electron chi connectivity index (χ2n) is 5.93. The molecule has 4 nitrogen and oxygen atoms in total. The van der Waals surface area contributed by atoms with Crippen molar-refractivity contribution in [2.45, 2.75) is 38.2 Å². The number of aromatic nitrogens is 2. The maximum absolute atomic E-state index is 12.6. The van der Waals surface area contributed by atoms with E-state index in [1.165, 1.54) is 12.1 Å². The Morgan fingerprint density at radius 2 is 2.04 bits per heavy atom. The van der Waals surface area contributed by atoms with Crippen molar-refractivity contribution in [3.63, 3.8) is 0 Å². The Labute approximate surface area is 138 Å². The summed E-state index contributed by atoms with van der Waals surface area (Å²) in [6, 6.07) is 5.24. The van der Waals surface area contributed by atoms with E-state index in [4.69, 9.17) is 4.74 Å². The molecule has 1 aliphatic rings. The molecule has 24 heavy (non-hydrogen) atoms. The monoisotopic (exact) mass is 339 g/mol. The van der Waals surface area contributed by atoms with Gasteiger partial charge in [-0.05, 0) is 30.5 Å². The molecule has 1 saturated heterocycles. The minimum Gasteiger partial charge on any atom is -0.377 e. The number of halogens is 3. The molecule has 0 bridgehead atoms. The van der Waals surface area contributed by atoms with Crippen molar-refractivity contribution in [3.05, 3.63) is 53.6 Å². The van der Waals surface area contributed by atoms with Gasteiger partial charge in [-0.15, -0.1) is 0 Å². The molecule has 0 aliphatic carbocycles. The van der Waals surface area contributed by atoms with E-state index >= 15 is 0 Å². The van der Waals surface area contributed by atoms with E-state index < -0.39 is 11.7 Å². The Balaban J connectivity index is 1.56. The number of benzene rings is 1. The first-order valence-electron chi connectivity index (χ1n) is 8.01. The van der Waals surface area contributed by atoms with E-state index in [-0.39, 0.29) is 6.10 Å². The van der Waals surface area contributed by atoms with Gasteiger partial charge in [0.25, 0.3) is 0 Å². The Hall–Kier alpha value is -1.86. The van der Waals surface area contributed by atoms with Crippen LogP contribution in [0.4, 0.5) is 13.2 Å². The van der Waals surface area contributed by atoms with E-state index in [1.807, 2.05) is 10.8 Å². The van der Waals surface area contributed by atoms with Gasteiger partial charge in [0.2, 0.25) is 0 Å². The molecule has 1 N–H and O–H groups in total. The van der Waals surface area contributed by atoms with Gasteiger partial charge < -0.3 is 14.6 Å². The van der Waals surface area contributed by atoms with Gasteiger partial charge in [-0.3, -0.25) is 0 Å². The Morgan fingerprint density at radius 3 is 2.71 bits per heavy atom. The molecular formula is C17H20F3N3O. The van der Waals surface area contributed by atoms with Crippen LogP contribution in [-0.2, 0) is 24.0 Å². The topological polar surface area (TPSA) is 39.1 Å². The molecule has 1 aliphatic heterocycles. The van der Waals surface area contributed by atoms with E-state index in [0.717, 1.165) is 49.5 Å². The van der Waals surface area contributed by atoms with Crippen LogP contribution >= 0.6 is 0 Å². The van der Waals surface area contributed by atoms with Gasteiger partial charge in [0.1, 0.15) is 5.82 Å². The fraction of sp³-hybridized carbons (Fsp3) is 0.471. The Morgan fingerprint density at radius 1 is 1.25 bits per heavy atom. The molecule has 2 heterocycles. The van der Waals surface area contributed by atoms with Gasteiger partial charge in [-0.1, -0.05) is 12.1 Å². The summed E-state index contributed by atoms with van der Waals surface area (Å²) in [5.74, 6) is 0.855. The van der Waals surface area contributed by atoms with Gasteiger partial charge in [0, 0.05) is 32.1 Å². The van der Waals surface area contributed by atoms with Gasteiger partial charge in [0.15, 0.2) is 0 Å². The predicted octanol–water partition coefficient (Wildman–Crippen LogP) is 3.22. The van der Waals surface area contributed by atoms with Gasteiger partial charge in [-0.25, -0.2) is 4.98 Å². The maximum atomic E-state index is 12.6. The van der Waals surface area contributed by atoms with Crippen LogP contribution in [0, 0.1) is 0 Å². The highest BCUT2D eigenvalue weighted by Crippen LogP contribution is 2.29. The molecule has 7 heteroatoms. The highest BCUT2D eigenvalue weighted by atomic mass is 19.4. The second-order valence-corrected chi connectivity index (χ2v) is 5.93. The molecule has 2 aromatic rings. The molecule has 1 atom stereocenters. The number of alkyl halides is 3. The largest absolute Gasteiger partial charge is 0.416 e. The summed E-state index contributed by atoms with van der Waals surface area (Å²) in [4.78, 5) is 4.31. The van der Waals surface area contributed by atoms with Crippen LogP contribution in [0.25, 0.3) is 0 Å². The molecule has 0 radical (unpaired) electrons. The molecule has 3 rings (SSSR count). The molecule has 0 spiro atoms. The van der Waals surface area contributed by atoms with Crippen LogP contribution in [0.2, 0.25) is 0 Å². The van der Waals surface area contributed by atoms with Gasteiger partial charge in [-0.2, -0.15) is 13.2 Å². The van der Waals surface area contributed by atoms with E-state index in [0.29, 0.717) is 13.1 Å². The third kappa shape index (κ3) is 4.36. The van der Waals surface area contributed by atoms with Crippen molar-refractivity contribution < 1.29 is 17.9 Å². The Bertz CT molecular complexity index is 646. The zero-order valence-corrected chi connectivity index (χ0v) is 13.2.